The summed E-state index contributed by atoms with van der Waals surface area (Å²) in [5.41, 5.74) is 2.07. The predicted octanol–water partition coefficient (Wildman–Crippen LogP) is 4.33. The number of benzene rings is 2. The molecule has 0 spiro atoms. The molecule has 0 aliphatic heterocycles. The summed E-state index contributed by atoms with van der Waals surface area (Å²) in [6.07, 6.45) is 3.55. The second-order valence-electron chi connectivity index (χ2n) is 8.92. The van der Waals surface area contributed by atoms with Crippen molar-refractivity contribution in [2.45, 2.75) is 39.2 Å². The maximum atomic E-state index is 14.9. The number of hydrogen-bond donors (Lipinski definition) is 1. The molecule has 0 bridgehead atoms. The summed E-state index contributed by atoms with van der Waals surface area (Å²) in [7, 11) is 0. The minimum absolute atomic E-state index is 0.237. The molecule has 1 fully saturated rings. The topological polar surface area (TPSA) is 94.3 Å². The molecule has 0 amide bonds. The molecule has 178 valence electrons. The first-order valence-corrected chi connectivity index (χ1v) is 11.5. The molecule has 8 heteroatoms. The highest BCUT2D eigenvalue weighted by Gasteiger charge is 2.24. The van der Waals surface area contributed by atoms with Crippen LogP contribution in [0.2, 0.25) is 0 Å². The Kier molecular flexibility index (Phi) is 7.47. The van der Waals surface area contributed by atoms with Crippen LogP contribution in [-0.2, 0) is 16.1 Å². The van der Waals surface area contributed by atoms with Gasteiger partial charge >= 0.3 is 11.7 Å². The second kappa shape index (κ2) is 10.7. The minimum Gasteiger partial charge on any atom is -0.480 e. The summed E-state index contributed by atoms with van der Waals surface area (Å²) in [5, 5.41) is 13.3. The van der Waals surface area contributed by atoms with Gasteiger partial charge in [0.1, 0.15) is 23.8 Å². The Labute approximate surface area is 197 Å². The van der Waals surface area contributed by atoms with E-state index in [0.29, 0.717) is 41.6 Å². The Morgan fingerprint density at radius 3 is 2.47 bits per heavy atom. The number of aromatic nitrogens is 3. The van der Waals surface area contributed by atoms with E-state index in [4.69, 9.17) is 9.84 Å². The number of carboxylic acid groups (broad SMARTS) is 1. The first-order valence-electron chi connectivity index (χ1n) is 11.5. The van der Waals surface area contributed by atoms with E-state index in [-0.39, 0.29) is 12.5 Å². The molecule has 4 rings (SSSR count). The SMILES string of the molecule is Cc1ccc(-c2nn(C[C@H]3CC[C@@H](COCC(=O)O)CC3)c(=O)nc2-c2ccccc2)c(F)c1. The Bertz CT molecular complexity index is 1200. The third kappa shape index (κ3) is 5.75. The monoisotopic (exact) mass is 465 g/mol. The van der Waals surface area contributed by atoms with Crippen molar-refractivity contribution in [1.29, 1.82) is 0 Å². The van der Waals surface area contributed by atoms with Gasteiger partial charge in [0.2, 0.25) is 0 Å². The largest absolute Gasteiger partial charge is 0.480 e. The molecule has 1 N–H and O–H groups in total. The maximum absolute atomic E-state index is 14.9. The van der Waals surface area contributed by atoms with Gasteiger partial charge in [-0.3, -0.25) is 0 Å². The van der Waals surface area contributed by atoms with Crippen LogP contribution in [0, 0.1) is 24.6 Å². The van der Waals surface area contributed by atoms with Crippen molar-refractivity contribution in [3.05, 3.63) is 70.4 Å². The first kappa shape index (κ1) is 23.8. The van der Waals surface area contributed by atoms with E-state index in [1.165, 1.54) is 10.7 Å². The number of carboxylic acids is 1. The normalized spacial score (nSPS) is 18.1. The number of hydrogen-bond acceptors (Lipinski definition) is 5. The van der Waals surface area contributed by atoms with Gasteiger partial charge in [0.25, 0.3) is 0 Å². The zero-order valence-electron chi connectivity index (χ0n) is 19.1. The van der Waals surface area contributed by atoms with Gasteiger partial charge < -0.3 is 9.84 Å². The minimum atomic E-state index is -0.966. The summed E-state index contributed by atoms with van der Waals surface area (Å²) in [5.74, 6) is -0.818. The van der Waals surface area contributed by atoms with Gasteiger partial charge in [-0.15, -0.1) is 0 Å². The fraction of sp³-hybridized carbons (Fsp3) is 0.385. The van der Waals surface area contributed by atoms with Crippen molar-refractivity contribution >= 4 is 5.97 Å². The van der Waals surface area contributed by atoms with Crippen LogP contribution >= 0.6 is 0 Å². The quantitative estimate of drug-likeness (QED) is 0.532. The van der Waals surface area contributed by atoms with Crippen LogP contribution in [0.3, 0.4) is 0 Å². The lowest BCUT2D eigenvalue weighted by atomic mass is 9.82. The number of nitrogens with zero attached hydrogens (tertiary/aromatic N) is 3. The molecule has 1 aliphatic carbocycles. The lowest BCUT2D eigenvalue weighted by Gasteiger charge is -2.28. The molecular formula is C26H28FN3O4. The van der Waals surface area contributed by atoms with E-state index in [2.05, 4.69) is 10.1 Å². The summed E-state index contributed by atoms with van der Waals surface area (Å²) in [6.45, 7) is 2.38. The van der Waals surface area contributed by atoms with Crippen LogP contribution in [0.15, 0.2) is 53.3 Å². The molecule has 1 aliphatic rings. The van der Waals surface area contributed by atoms with E-state index in [9.17, 15) is 14.0 Å². The average molecular weight is 466 g/mol. The third-order valence-corrected chi connectivity index (χ3v) is 6.28. The number of carbonyl (C=O) groups is 1. The van der Waals surface area contributed by atoms with Crippen molar-refractivity contribution in [2.75, 3.05) is 13.2 Å². The van der Waals surface area contributed by atoms with Crippen molar-refractivity contribution in [1.82, 2.24) is 14.8 Å². The number of ether oxygens (including phenoxy) is 1. The Morgan fingerprint density at radius 1 is 1.09 bits per heavy atom. The van der Waals surface area contributed by atoms with Crippen molar-refractivity contribution in [3.8, 4) is 22.5 Å². The Morgan fingerprint density at radius 2 is 1.79 bits per heavy atom. The summed E-state index contributed by atoms with van der Waals surface area (Å²) in [4.78, 5) is 27.8. The molecule has 1 aromatic heterocycles. The average Bonchev–Trinajstić information content (AvgIpc) is 2.82. The molecule has 1 heterocycles. The van der Waals surface area contributed by atoms with Gasteiger partial charge in [-0.05, 0) is 62.1 Å². The molecule has 34 heavy (non-hydrogen) atoms. The molecule has 2 aromatic carbocycles. The van der Waals surface area contributed by atoms with Gasteiger partial charge in [0.05, 0.1) is 6.61 Å². The van der Waals surface area contributed by atoms with E-state index in [1.807, 2.05) is 43.3 Å². The van der Waals surface area contributed by atoms with Crippen LogP contribution in [-0.4, -0.2) is 39.1 Å². The van der Waals surface area contributed by atoms with E-state index in [0.717, 1.165) is 31.2 Å². The highest BCUT2D eigenvalue weighted by atomic mass is 19.1. The molecule has 0 saturated heterocycles. The molecule has 0 unspecified atom stereocenters. The zero-order valence-corrected chi connectivity index (χ0v) is 19.1. The Balaban J connectivity index is 1.57. The zero-order chi connectivity index (χ0) is 24.1. The van der Waals surface area contributed by atoms with Gasteiger partial charge in [-0.25, -0.2) is 18.7 Å². The standard InChI is InChI=1S/C26H28FN3O4/c1-17-7-12-21(22(27)13-17)25-24(20-5-3-2-4-6-20)28-26(33)30(29-25)14-18-8-10-19(11-9-18)15-34-16-23(31)32/h2-7,12-13,18-19H,8-11,14-16H2,1H3,(H,31,32)/t18-,19+. The van der Waals surface area contributed by atoms with Crippen LogP contribution < -0.4 is 5.69 Å². The molecule has 0 atom stereocenters. The smallest absolute Gasteiger partial charge is 0.364 e. The number of aryl methyl sites for hydroxylation is 1. The van der Waals surface area contributed by atoms with Crippen LogP contribution in [0.5, 0.6) is 0 Å². The van der Waals surface area contributed by atoms with Crippen molar-refractivity contribution in [2.24, 2.45) is 11.8 Å². The van der Waals surface area contributed by atoms with Crippen LogP contribution in [0.1, 0.15) is 31.2 Å². The fourth-order valence-corrected chi connectivity index (χ4v) is 4.47. The van der Waals surface area contributed by atoms with Gasteiger partial charge in [-0.2, -0.15) is 10.1 Å². The summed E-state index contributed by atoms with van der Waals surface area (Å²) in [6, 6.07) is 14.2. The second-order valence-corrected chi connectivity index (χ2v) is 8.92. The highest BCUT2D eigenvalue weighted by Crippen LogP contribution is 2.32. The van der Waals surface area contributed by atoms with E-state index < -0.39 is 17.5 Å². The highest BCUT2D eigenvalue weighted by molar-refractivity contribution is 5.77. The maximum Gasteiger partial charge on any atom is 0.364 e. The fourth-order valence-electron chi connectivity index (χ4n) is 4.47. The van der Waals surface area contributed by atoms with Crippen LogP contribution in [0.25, 0.3) is 22.5 Å². The molecule has 3 aromatic rings. The number of halogens is 1. The van der Waals surface area contributed by atoms with E-state index in [1.54, 1.807) is 6.07 Å². The predicted molar refractivity (Wildman–Crippen MR) is 126 cm³/mol. The van der Waals surface area contributed by atoms with Crippen molar-refractivity contribution < 1.29 is 19.0 Å². The summed E-state index contributed by atoms with van der Waals surface area (Å²) < 4.78 is 21.5. The number of rotatable bonds is 8. The Hall–Kier alpha value is -3.39. The van der Waals surface area contributed by atoms with Gasteiger partial charge in [0.15, 0.2) is 0 Å². The van der Waals surface area contributed by atoms with Gasteiger partial charge in [0, 0.05) is 17.7 Å². The van der Waals surface area contributed by atoms with Crippen LogP contribution in [0.4, 0.5) is 4.39 Å². The third-order valence-electron chi connectivity index (χ3n) is 6.28. The lowest BCUT2D eigenvalue weighted by molar-refractivity contribution is -0.142. The van der Waals surface area contributed by atoms with E-state index >= 15 is 0 Å². The summed E-state index contributed by atoms with van der Waals surface area (Å²) >= 11 is 0. The molecule has 7 nitrogen and oxygen atoms in total. The first-order chi connectivity index (χ1) is 16.4. The molecule has 1 saturated carbocycles. The van der Waals surface area contributed by atoms with Gasteiger partial charge in [-0.1, -0.05) is 36.4 Å². The lowest BCUT2D eigenvalue weighted by Crippen LogP contribution is -2.31. The molecule has 0 radical (unpaired) electrons. The molecular weight excluding hydrogens is 437 g/mol. The number of aliphatic carboxylic acids is 1. The van der Waals surface area contributed by atoms with Crippen molar-refractivity contribution in [3.63, 3.8) is 0 Å².